The molecule has 5 aromatic rings. The number of aryl methyl sites for hydroxylation is 2. The fraction of sp³-hybridized carbons (Fsp3) is 0.143. The van der Waals surface area contributed by atoms with E-state index < -0.39 is 27.5 Å². The maximum absolute atomic E-state index is 14.4. The molecule has 0 N–H and O–H groups in total. The topological polar surface area (TPSA) is 78.0 Å². The van der Waals surface area contributed by atoms with Gasteiger partial charge in [0.05, 0.1) is 15.6 Å². The quantitative estimate of drug-likeness (QED) is 0.196. The molecule has 0 atom stereocenters. The first kappa shape index (κ1) is 27.6. The fourth-order valence-electron chi connectivity index (χ4n) is 4.32. The molecular formula is C28H20ClF4N3O3S. The molecule has 2 aromatic heterocycles. The zero-order valence-electron chi connectivity index (χ0n) is 21.2. The third-order valence-electron chi connectivity index (χ3n) is 6.20. The first-order valence-electron chi connectivity index (χ1n) is 11.7. The predicted octanol–water partition coefficient (Wildman–Crippen LogP) is 7.69. The summed E-state index contributed by atoms with van der Waals surface area (Å²) in [7, 11) is -3.50. The van der Waals surface area contributed by atoms with Crippen LogP contribution in [0, 0.1) is 19.7 Å². The molecule has 3 aromatic carbocycles. The molecule has 40 heavy (non-hydrogen) atoms. The smallest absolute Gasteiger partial charge is 0.434 e. The number of aromatic nitrogens is 3. The standard InChI is InChI=1S/C28H20ClF4N3O3S/c1-15-34-25(28(31,32)33)14-36(15)24-10-8-18(17-5-4-6-20(11-17)40(3,37)38)12-21(24)26-27(39-16(2)35-26)19-7-9-22(29)23(30)13-19/h4-14H,1-3H3. The van der Waals surface area contributed by atoms with Crippen molar-refractivity contribution in [2.75, 3.05) is 6.26 Å². The van der Waals surface area contributed by atoms with E-state index in [1.807, 2.05) is 0 Å². The van der Waals surface area contributed by atoms with Crippen molar-refractivity contribution < 1.29 is 30.4 Å². The fourth-order valence-corrected chi connectivity index (χ4v) is 5.10. The van der Waals surface area contributed by atoms with Gasteiger partial charge in [-0.1, -0.05) is 29.8 Å². The number of hydrogen-bond donors (Lipinski definition) is 0. The molecule has 0 aliphatic carbocycles. The van der Waals surface area contributed by atoms with Gasteiger partial charge in [0.1, 0.15) is 17.3 Å². The van der Waals surface area contributed by atoms with Gasteiger partial charge in [-0.15, -0.1) is 0 Å². The molecule has 0 fully saturated rings. The summed E-state index contributed by atoms with van der Waals surface area (Å²) in [5.41, 5.74) is 1.23. The highest BCUT2D eigenvalue weighted by molar-refractivity contribution is 7.90. The van der Waals surface area contributed by atoms with Crippen LogP contribution in [-0.4, -0.2) is 29.2 Å². The Morgan fingerprint density at radius 1 is 0.925 bits per heavy atom. The second-order valence-electron chi connectivity index (χ2n) is 9.11. The average molecular weight is 590 g/mol. The second-order valence-corrected chi connectivity index (χ2v) is 11.5. The molecule has 0 bridgehead atoms. The first-order chi connectivity index (χ1) is 18.7. The van der Waals surface area contributed by atoms with Crippen molar-refractivity contribution in [3.05, 3.63) is 95.1 Å². The van der Waals surface area contributed by atoms with Crippen LogP contribution in [0.2, 0.25) is 5.02 Å². The van der Waals surface area contributed by atoms with Gasteiger partial charge in [0.15, 0.2) is 27.2 Å². The lowest BCUT2D eigenvalue weighted by molar-refractivity contribution is -0.141. The van der Waals surface area contributed by atoms with Crippen LogP contribution in [-0.2, 0) is 16.0 Å². The Balaban J connectivity index is 1.78. The molecule has 0 amide bonds. The predicted molar refractivity (Wildman–Crippen MR) is 142 cm³/mol. The lowest BCUT2D eigenvalue weighted by atomic mass is 9.98. The summed E-state index contributed by atoms with van der Waals surface area (Å²) in [5, 5.41) is -0.0938. The molecule has 0 spiro atoms. The number of imidazole rings is 1. The Morgan fingerprint density at radius 3 is 2.27 bits per heavy atom. The minimum absolute atomic E-state index is 0.0692. The van der Waals surface area contributed by atoms with Crippen molar-refractivity contribution in [1.82, 2.24) is 14.5 Å². The van der Waals surface area contributed by atoms with E-state index >= 15 is 0 Å². The number of nitrogens with zero attached hydrogens (tertiary/aromatic N) is 3. The number of benzene rings is 3. The van der Waals surface area contributed by atoms with E-state index in [-0.39, 0.29) is 33.1 Å². The van der Waals surface area contributed by atoms with Crippen molar-refractivity contribution in [1.29, 1.82) is 0 Å². The molecule has 6 nitrogen and oxygen atoms in total. The van der Waals surface area contributed by atoms with E-state index in [1.54, 1.807) is 37.3 Å². The van der Waals surface area contributed by atoms with Crippen molar-refractivity contribution in [3.8, 4) is 39.4 Å². The molecular weight excluding hydrogens is 570 g/mol. The largest absolute Gasteiger partial charge is 0.440 e. The average Bonchev–Trinajstić information content (AvgIpc) is 3.47. The lowest BCUT2D eigenvalue weighted by Gasteiger charge is -2.14. The van der Waals surface area contributed by atoms with Gasteiger partial charge in [0, 0.05) is 30.5 Å². The summed E-state index contributed by atoms with van der Waals surface area (Å²) in [6.07, 6.45) is -2.69. The minimum Gasteiger partial charge on any atom is -0.440 e. The third kappa shape index (κ3) is 5.26. The highest BCUT2D eigenvalue weighted by Gasteiger charge is 2.35. The number of alkyl halides is 3. The number of hydrogen-bond acceptors (Lipinski definition) is 5. The van der Waals surface area contributed by atoms with Crippen LogP contribution in [0.25, 0.3) is 39.4 Å². The Labute approximate surface area is 231 Å². The number of halogens is 5. The maximum Gasteiger partial charge on any atom is 0.434 e. The van der Waals surface area contributed by atoms with Gasteiger partial charge in [-0.2, -0.15) is 13.2 Å². The highest BCUT2D eigenvalue weighted by atomic mass is 35.5. The summed E-state index contributed by atoms with van der Waals surface area (Å²) < 4.78 is 86.3. The third-order valence-corrected chi connectivity index (χ3v) is 7.61. The van der Waals surface area contributed by atoms with E-state index in [4.69, 9.17) is 16.0 Å². The summed E-state index contributed by atoms with van der Waals surface area (Å²) in [6, 6.07) is 15.3. The van der Waals surface area contributed by atoms with Crippen LogP contribution in [0.4, 0.5) is 17.6 Å². The van der Waals surface area contributed by atoms with E-state index in [0.29, 0.717) is 27.9 Å². The van der Waals surface area contributed by atoms with E-state index in [0.717, 1.165) is 12.5 Å². The summed E-state index contributed by atoms with van der Waals surface area (Å²) in [6.45, 7) is 3.02. The van der Waals surface area contributed by atoms with Gasteiger partial charge in [-0.05, 0) is 60.5 Å². The molecule has 0 aliphatic heterocycles. The number of sulfone groups is 1. The van der Waals surface area contributed by atoms with Crippen molar-refractivity contribution in [2.24, 2.45) is 0 Å². The SMILES string of the molecule is Cc1nc(-c2cc(-c3cccc(S(C)(=O)=O)c3)ccc2-n2cc(C(F)(F)F)nc2C)c(-c2ccc(Cl)c(F)c2)o1. The lowest BCUT2D eigenvalue weighted by Crippen LogP contribution is -2.05. The van der Waals surface area contributed by atoms with Crippen LogP contribution >= 0.6 is 11.6 Å². The Kier molecular flexibility index (Phi) is 6.83. The normalized spacial score (nSPS) is 12.2. The van der Waals surface area contributed by atoms with Crippen molar-refractivity contribution >= 4 is 21.4 Å². The van der Waals surface area contributed by atoms with E-state index in [1.165, 1.54) is 41.8 Å². The van der Waals surface area contributed by atoms with Crippen LogP contribution in [0.5, 0.6) is 0 Å². The summed E-state index contributed by atoms with van der Waals surface area (Å²) in [4.78, 5) is 8.28. The molecule has 0 aliphatic rings. The monoisotopic (exact) mass is 589 g/mol. The van der Waals surface area contributed by atoms with Crippen LogP contribution in [0.1, 0.15) is 17.4 Å². The molecule has 0 unspecified atom stereocenters. The van der Waals surface area contributed by atoms with Crippen molar-refractivity contribution in [2.45, 2.75) is 24.9 Å². The van der Waals surface area contributed by atoms with Crippen LogP contribution in [0.15, 0.2) is 76.2 Å². The Morgan fingerprint density at radius 2 is 1.62 bits per heavy atom. The summed E-state index contributed by atoms with van der Waals surface area (Å²) in [5.74, 6) is -0.218. The molecule has 0 radical (unpaired) electrons. The van der Waals surface area contributed by atoms with Crippen molar-refractivity contribution in [3.63, 3.8) is 0 Å². The number of rotatable bonds is 5. The molecule has 5 rings (SSSR count). The zero-order chi connectivity index (χ0) is 29.0. The van der Waals surface area contributed by atoms with Gasteiger partial charge in [-0.25, -0.2) is 22.8 Å². The molecule has 2 heterocycles. The molecule has 0 saturated heterocycles. The van der Waals surface area contributed by atoms with Gasteiger partial charge in [0.2, 0.25) is 0 Å². The molecule has 206 valence electrons. The van der Waals surface area contributed by atoms with Crippen LogP contribution in [0.3, 0.4) is 0 Å². The highest BCUT2D eigenvalue weighted by Crippen LogP contribution is 2.40. The second kappa shape index (κ2) is 9.90. The van der Waals surface area contributed by atoms with Crippen LogP contribution < -0.4 is 0 Å². The first-order valence-corrected chi connectivity index (χ1v) is 14.0. The maximum atomic E-state index is 14.4. The summed E-state index contributed by atoms with van der Waals surface area (Å²) >= 11 is 5.86. The zero-order valence-corrected chi connectivity index (χ0v) is 22.8. The Bertz CT molecular complexity index is 1880. The van der Waals surface area contributed by atoms with Gasteiger partial charge in [0.25, 0.3) is 0 Å². The van der Waals surface area contributed by atoms with E-state index in [2.05, 4.69) is 9.97 Å². The van der Waals surface area contributed by atoms with Gasteiger partial charge in [-0.3, -0.25) is 0 Å². The number of oxazole rings is 1. The minimum atomic E-state index is -4.67. The molecule has 12 heteroatoms. The van der Waals surface area contributed by atoms with Gasteiger partial charge < -0.3 is 8.98 Å². The molecule has 0 saturated carbocycles. The Hall–Kier alpha value is -3.96. The van der Waals surface area contributed by atoms with E-state index in [9.17, 15) is 26.0 Å². The van der Waals surface area contributed by atoms with Gasteiger partial charge >= 0.3 is 6.18 Å².